The molecule has 4 heterocycles. The molecule has 0 bridgehead atoms. The Labute approximate surface area is 150 Å². The Morgan fingerprint density at radius 2 is 1.85 bits per heavy atom. The van der Waals surface area contributed by atoms with Gasteiger partial charge < -0.3 is 4.90 Å². The van der Waals surface area contributed by atoms with Gasteiger partial charge in [0.1, 0.15) is 0 Å². The maximum Gasteiger partial charge on any atom is 0.261 e. The Hall–Kier alpha value is -2.87. The van der Waals surface area contributed by atoms with Gasteiger partial charge in [-0.15, -0.1) is 0 Å². The number of hydrogen-bond acceptors (Lipinski definition) is 4. The molecule has 1 aromatic carbocycles. The minimum Gasteiger partial charge on any atom is -0.312 e. The first-order chi connectivity index (χ1) is 12.5. The molecule has 2 aromatic heterocycles. The predicted molar refractivity (Wildman–Crippen MR) is 96.8 cm³/mol. The average Bonchev–Trinajstić information content (AvgIpc) is 3.25. The molecule has 0 radical (unpaired) electrons. The predicted octanol–water partition coefficient (Wildman–Crippen LogP) is 1.97. The molecule has 5 rings (SSSR count). The summed E-state index contributed by atoms with van der Waals surface area (Å²) in [6, 6.07) is 8.61. The first-order valence-corrected chi connectivity index (χ1v) is 9.92. The van der Waals surface area contributed by atoms with E-state index < -0.39 is 10.0 Å². The monoisotopic (exact) mass is 368 g/mol. The summed E-state index contributed by atoms with van der Waals surface area (Å²) in [5, 5.41) is 4.10. The zero-order valence-electron chi connectivity index (χ0n) is 13.8. The molecule has 0 unspecified atom stereocenters. The molecule has 7 nitrogen and oxygen atoms in total. The molecule has 0 aliphatic carbocycles. The van der Waals surface area contributed by atoms with E-state index in [0.717, 1.165) is 22.3 Å². The molecular weight excluding hydrogens is 352 g/mol. The molecule has 2 aliphatic rings. The summed E-state index contributed by atoms with van der Waals surface area (Å²) < 4.78 is 30.1. The third kappa shape index (κ3) is 2.29. The maximum atomic E-state index is 12.9. The molecule has 0 saturated heterocycles. The zero-order chi connectivity index (χ0) is 17.9. The fourth-order valence-corrected chi connectivity index (χ4v) is 4.93. The third-order valence-electron chi connectivity index (χ3n) is 4.99. The molecule has 1 N–H and O–H groups in total. The summed E-state index contributed by atoms with van der Waals surface area (Å²) in [4.78, 5) is 14.0. The highest BCUT2D eigenvalue weighted by Gasteiger charge is 2.32. The van der Waals surface area contributed by atoms with Gasteiger partial charge >= 0.3 is 0 Å². The van der Waals surface area contributed by atoms with Crippen LogP contribution in [0.4, 0.5) is 11.4 Å². The molecule has 0 fully saturated rings. The number of sulfonamides is 1. The van der Waals surface area contributed by atoms with Gasteiger partial charge in [0.05, 0.1) is 21.8 Å². The van der Waals surface area contributed by atoms with E-state index in [0.29, 0.717) is 31.5 Å². The fraction of sp³-hybridized carbons (Fsp3) is 0.222. The van der Waals surface area contributed by atoms with E-state index in [9.17, 15) is 13.2 Å². The van der Waals surface area contributed by atoms with Crippen molar-refractivity contribution in [2.24, 2.45) is 0 Å². The summed E-state index contributed by atoms with van der Waals surface area (Å²) in [5.74, 6) is 0.124. The minimum atomic E-state index is -3.71. The van der Waals surface area contributed by atoms with Crippen LogP contribution in [0.3, 0.4) is 0 Å². The van der Waals surface area contributed by atoms with Crippen LogP contribution in [0.15, 0.2) is 47.6 Å². The van der Waals surface area contributed by atoms with Crippen LogP contribution in [0.5, 0.6) is 0 Å². The van der Waals surface area contributed by atoms with Crippen molar-refractivity contribution in [2.75, 3.05) is 16.2 Å². The molecular formula is C18H16N4O3S. The first kappa shape index (κ1) is 15.4. The summed E-state index contributed by atoms with van der Waals surface area (Å²) in [7, 11) is -3.71. The molecule has 0 saturated carbocycles. The second-order valence-electron chi connectivity index (χ2n) is 6.61. The lowest BCUT2D eigenvalue weighted by atomic mass is 10.00. The smallest absolute Gasteiger partial charge is 0.261 e. The van der Waals surface area contributed by atoms with Crippen LogP contribution in [0.2, 0.25) is 0 Å². The lowest BCUT2D eigenvalue weighted by Crippen LogP contribution is -2.33. The third-order valence-corrected chi connectivity index (χ3v) is 6.35. The van der Waals surface area contributed by atoms with Crippen LogP contribution < -0.4 is 9.62 Å². The normalized spacial score (nSPS) is 16.2. The van der Waals surface area contributed by atoms with E-state index in [1.807, 2.05) is 6.07 Å². The first-order valence-electron chi connectivity index (χ1n) is 8.44. The number of hydrogen-bond donors (Lipinski definition) is 1. The van der Waals surface area contributed by atoms with Crippen LogP contribution in [-0.2, 0) is 27.7 Å². The van der Waals surface area contributed by atoms with Gasteiger partial charge in [-0.2, -0.15) is 5.10 Å². The van der Waals surface area contributed by atoms with Crippen molar-refractivity contribution in [1.82, 2.24) is 9.61 Å². The van der Waals surface area contributed by atoms with E-state index in [1.54, 1.807) is 46.1 Å². The highest BCUT2D eigenvalue weighted by molar-refractivity contribution is 7.92. The van der Waals surface area contributed by atoms with Gasteiger partial charge in [0, 0.05) is 25.4 Å². The Balaban J connectivity index is 1.53. The van der Waals surface area contributed by atoms with Gasteiger partial charge in [0.2, 0.25) is 5.91 Å². The van der Waals surface area contributed by atoms with Crippen LogP contribution in [0, 0.1) is 0 Å². The number of rotatable bonds is 3. The Kier molecular flexibility index (Phi) is 3.14. The van der Waals surface area contributed by atoms with Crippen molar-refractivity contribution in [3.8, 4) is 0 Å². The van der Waals surface area contributed by atoms with Crippen LogP contribution >= 0.6 is 0 Å². The van der Waals surface area contributed by atoms with Crippen molar-refractivity contribution in [3.63, 3.8) is 0 Å². The van der Waals surface area contributed by atoms with Crippen molar-refractivity contribution >= 4 is 32.8 Å². The molecule has 132 valence electrons. The maximum absolute atomic E-state index is 12.9. The number of nitrogens with zero attached hydrogens (tertiary/aromatic N) is 3. The zero-order valence-corrected chi connectivity index (χ0v) is 14.7. The van der Waals surface area contributed by atoms with Crippen LogP contribution in [0.1, 0.15) is 17.5 Å². The molecule has 26 heavy (non-hydrogen) atoms. The number of anilines is 2. The number of fused-ring (bicyclic) bond motifs is 1. The van der Waals surface area contributed by atoms with E-state index in [1.165, 1.54) is 0 Å². The standard InChI is InChI=1S/C18H16N4O3S/c23-17-2-1-12-9-16(10-13-4-7-21(17)18(12)13)26(24,25)20-14-5-8-22-15(11-14)3-6-19-22/h3,5-6,8-11,20H,1-2,4,7H2. The van der Waals surface area contributed by atoms with Gasteiger partial charge in [0.15, 0.2) is 0 Å². The number of carbonyl (C=O) groups excluding carboxylic acids is 1. The summed E-state index contributed by atoms with van der Waals surface area (Å²) in [6.45, 7) is 0.635. The number of pyridine rings is 1. The SMILES string of the molecule is O=C1CCc2cc(S(=O)(=O)Nc3ccn4nccc4c3)cc3c2N1CC3. The molecule has 0 atom stereocenters. The highest BCUT2D eigenvalue weighted by atomic mass is 32.2. The molecule has 0 spiro atoms. The van der Waals surface area contributed by atoms with E-state index in [2.05, 4.69) is 9.82 Å². The number of aryl methyl sites for hydroxylation is 1. The minimum absolute atomic E-state index is 0.124. The molecule has 2 aliphatic heterocycles. The molecule has 8 heteroatoms. The van der Waals surface area contributed by atoms with Gasteiger partial charge in [-0.25, -0.2) is 12.9 Å². The van der Waals surface area contributed by atoms with Gasteiger partial charge in [-0.1, -0.05) is 0 Å². The Morgan fingerprint density at radius 1 is 1.04 bits per heavy atom. The van der Waals surface area contributed by atoms with Gasteiger partial charge in [-0.3, -0.25) is 9.52 Å². The lowest BCUT2D eigenvalue weighted by Gasteiger charge is -2.25. The van der Waals surface area contributed by atoms with Crippen molar-refractivity contribution in [2.45, 2.75) is 24.2 Å². The quantitative estimate of drug-likeness (QED) is 0.766. The van der Waals surface area contributed by atoms with E-state index in [-0.39, 0.29) is 10.8 Å². The summed E-state index contributed by atoms with van der Waals surface area (Å²) >= 11 is 0. The summed E-state index contributed by atoms with van der Waals surface area (Å²) in [5.41, 5.74) is 4.08. The van der Waals surface area contributed by atoms with Crippen LogP contribution in [0.25, 0.3) is 5.52 Å². The topological polar surface area (TPSA) is 83.8 Å². The van der Waals surface area contributed by atoms with Gasteiger partial charge in [0.25, 0.3) is 10.0 Å². The van der Waals surface area contributed by atoms with Crippen molar-refractivity contribution in [3.05, 3.63) is 53.9 Å². The molecule has 3 aromatic rings. The second-order valence-corrected chi connectivity index (χ2v) is 8.29. The Bertz CT molecular complexity index is 1170. The average molecular weight is 368 g/mol. The highest BCUT2D eigenvalue weighted by Crippen LogP contribution is 2.38. The summed E-state index contributed by atoms with van der Waals surface area (Å²) in [6.07, 6.45) is 5.08. The number of benzene rings is 1. The van der Waals surface area contributed by atoms with E-state index in [4.69, 9.17) is 0 Å². The lowest BCUT2D eigenvalue weighted by molar-refractivity contribution is -0.118. The molecule has 1 amide bonds. The Morgan fingerprint density at radius 3 is 2.69 bits per heavy atom. The van der Waals surface area contributed by atoms with Crippen molar-refractivity contribution < 1.29 is 13.2 Å². The van der Waals surface area contributed by atoms with Crippen LogP contribution in [-0.4, -0.2) is 30.5 Å². The number of amides is 1. The van der Waals surface area contributed by atoms with Crippen molar-refractivity contribution in [1.29, 1.82) is 0 Å². The number of aromatic nitrogens is 2. The number of nitrogens with one attached hydrogen (secondary N) is 1. The largest absolute Gasteiger partial charge is 0.312 e. The van der Waals surface area contributed by atoms with Gasteiger partial charge in [-0.05, 0) is 54.3 Å². The second kappa shape index (κ2) is 5.31. The number of carbonyl (C=O) groups is 1. The van der Waals surface area contributed by atoms with E-state index >= 15 is 0 Å². The fourth-order valence-electron chi connectivity index (χ4n) is 3.78.